The Balaban J connectivity index is 2.49. The van der Waals surface area contributed by atoms with E-state index in [1.54, 1.807) is 0 Å². The first kappa shape index (κ1) is 12.6. The molecule has 0 aliphatic rings. The van der Waals surface area contributed by atoms with Gasteiger partial charge in [-0.2, -0.15) is 13.2 Å². The van der Waals surface area contributed by atoms with Gasteiger partial charge in [0.25, 0.3) is 0 Å². The zero-order valence-corrected chi connectivity index (χ0v) is 9.59. The van der Waals surface area contributed by atoms with E-state index in [1.807, 2.05) is 0 Å². The molecule has 0 bridgehead atoms. The van der Waals surface area contributed by atoms with Gasteiger partial charge in [-0.3, -0.25) is 0 Å². The summed E-state index contributed by atoms with van der Waals surface area (Å²) in [6, 6.07) is 3.19. The molecule has 0 saturated heterocycles. The van der Waals surface area contributed by atoms with E-state index in [2.05, 4.69) is 22.8 Å². The Morgan fingerprint density at radius 3 is 2.67 bits per heavy atom. The number of carbonyl (C=O) groups excluding carboxylic acids is 1. The molecule has 2 rings (SSSR count). The van der Waals surface area contributed by atoms with Crippen molar-refractivity contribution in [3.8, 4) is 0 Å². The van der Waals surface area contributed by atoms with Crippen molar-refractivity contribution in [2.45, 2.75) is 6.18 Å². The molecule has 0 atom stereocenters. The van der Waals surface area contributed by atoms with Gasteiger partial charge in [0.1, 0.15) is 0 Å². The van der Waals surface area contributed by atoms with E-state index >= 15 is 0 Å². The number of nitrogens with two attached hydrogens (primary N) is 1. The molecular formula is C9H7F3N4OS. The second kappa shape index (κ2) is 4.09. The summed E-state index contributed by atoms with van der Waals surface area (Å²) in [4.78, 5) is 16.4. The molecule has 5 nitrogen and oxygen atoms in total. The maximum atomic E-state index is 12.4. The largest absolute Gasteiger partial charge is 0.449 e. The number of amides is 2. The number of imidazole rings is 1. The number of H-pyrrole nitrogens is 1. The molecule has 3 N–H and O–H groups in total. The van der Waals surface area contributed by atoms with Gasteiger partial charge in [0.2, 0.25) is 5.82 Å². The predicted octanol–water partition coefficient (Wildman–Crippen LogP) is 2.31. The van der Waals surface area contributed by atoms with E-state index in [9.17, 15) is 18.0 Å². The normalized spacial score (nSPS) is 11.8. The maximum Gasteiger partial charge on any atom is 0.449 e. The van der Waals surface area contributed by atoms with Crippen LogP contribution in [0.15, 0.2) is 18.2 Å². The fourth-order valence-corrected chi connectivity index (χ4v) is 1.52. The summed E-state index contributed by atoms with van der Waals surface area (Å²) in [5.74, 6) is -1.10. The van der Waals surface area contributed by atoms with E-state index < -0.39 is 18.0 Å². The van der Waals surface area contributed by atoms with Gasteiger partial charge in [-0.25, -0.2) is 14.1 Å². The topological polar surface area (TPSA) is 75.0 Å². The van der Waals surface area contributed by atoms with Gasteiger partial charge in [0, 0.05) is 0 Å². The minimum atomic E-state index is -4.55. The number of urea groups is 1. The molecule has 0 aliphatic heterocycles. The Bertz CT molecular complexity index is 609. The van der Waals surface area contributed by atoms with Gasteiger partial charge < -0.3 is 10.7 Å². The van der Waals surface area contributed by atoms with Crippen LogP contribution in [0, 0.1) is 0 Å². The summed E-state index contributed by atoms with van der Waals surface area (Å²) in [6.45, 7) is 0. The Kier molecular flexibility index (Phi) is 2.85. The molecule has 0 saturated carbocycles. The van der Waals surface area contributed by atoms with E-state index in [1.165, 1.54) is 18.2 Å². The molecule has 0 radical (unpaired) electrons. The van der Waals surface area contributed by atoms with Crippen molar-refractivity contribution in [3.05, 3.63) is 24.0 Å². The molecule has 0 unspecified atom stereocenters. The standard InChI is InChI=1S/C9H7F3N4OS/c10-9(11,12)7-14-5-2-1-4(3-6(5)15-7)16(18)8(13)17/h1-3,18H,(H2,13,17)(H,14,15). The number of hydrogen-bond donors (Lipinski definition) is 3. The first-order valence-corrected chi connectivity index (χ1v) is 5.04. The number of aromatic nitrogens is 2. The highest BCUT2D eigenvalue weighted by molar-refractivity contribution is 7.82. The summed E-state index contributed by atoms with van der Waals surface area (Å²) >= 11 is 3.81. The van der Waals surface area contributed by atoms with Crippen LogP contribution in [0.3, 0.4) is 0 Å². The number of carbonyl (C=O) groups is 1. The van der Waals surface area contributed by atoms with Gasteiger partial charge in [-0.1, -0.05) is 12.8 Å². The van der Waals surface area contributed by atoms with Gasteiger partial charge >= 0.3 is 12.2 Å². The molecule has 0 fully saturated rings. The van der Waals surface area contributed by atoms with Crippen LogP contribution in [-0.4, -0.2) is 16.0 Å². The Hall–Kier alpha value is -1.90. The Labute approximate surface area is 104 Å². The lowest BCUT2D eigenvalue weighted by Crippen LogP contribution is -2.27. The number of anilines is 1. The number of primary amides is 1. The number of alkyl halides is 3. The highest BCUT2D eigenvalue weighted by Crippen LogP contribution is 2.30. The van der Waals surface area contributed by atoms with Crippen molar-refractivity contribution in [1.29, 1.82) is 0 Å². The Morgan fingerprint density at radius 1 is 1.44 bits per heavy atom. The zero-order valence-electron chi connectivity index (χ0n) is 8.69. The number of nitrogens with one attached hydrogen (secondary N) is 1. The molecule has 2 aromatic rings. The van der Waals surface area contributed by atoms with Crippen LogP contribution >= 0.6 is 12.8 Å². The van der Waals surface area contributed by atoms with Crippen molar-refractivity contribution >= 4 is 35.6 Å². The molecule has 1 heterocycles. The fraction of sp³-hybridized carbons (Fsp3) is 0.111. The van der Waals surface area contributed by atoms with Gasteiger partial charge in [0.05, 0.1) is 16.7 Å². The number of rotatable bonds is 1. The highest BCUT2D eigenvalue weighted by Gasteiger charge is 2.34. The lowest BCUT2D eigenvalue weighted by molar-refractivity contribution is -0.144. The van der Waals surface area contributed by atoms with Crippen LogP contribution in [0.25, 0.3) is 11.0 Å². The fourth-order valence-electron chi connectivity index (χ4n) is 1.39. The lowest BCUT2D eigenvalue weighted by Gasteiger charge is -2.11. The third-order valence-corrected chi connectivity index (χ3v) is 2.62. The van der Waals surface area contributed by atoms with Crippen molar-refractivity contribution in [2.24, 2.45) is 5.73 Å². The molecule has 1 aromatic carbocycles. The number of nitrogens with zero attached hydrogens (tertiary/aromatic N) is 2. The first-order chi connectivity index (χ1) is 8.29. The Morgan fingerprint density at radius 2 is 2.11 bits per heavy atom. The quantitative estimate of drug-likeness (QED) is 0.699. The van der Waals surface area contributed by atoms with Crippen LogP contribution in [0.1, 0.15) is 5.82 Å². The van der Waals surface area contributed by atoms with Crippen LogP contribution in [0.4, 0.5) is 23.7 Å². The molecule has 18 heavy (non-hydrogen) atoms. The third-order valence-electron chi connectivity index (χ3n) is 2.19. The summed E-state index contributed by atoms with van der Waals surface area (Å²) < 4.78 is 38.1. The minimum absolute atomic E-state index is 0.136. The van der Waals surface area contributed by atoms with Crippen molar-refractivity contribution < 1.29 is 18.0 Å². The van der Waals surface area contributed by atoms with Gasteiger partial charge in [-0.05, 0) is 18.2 Å². The molecular weight excluding hydrogens is 269 g/mol. The van der Waals surface area contributed by atoms with Crippen LogP contribution < -0.4 is 10.0 Å². The summed E-state index contributed by atoms with van der Waals surface area (Å²) in [6.07, 6.45) is -4.55. The monoisotopic (exact) mass is 276 g/mol. The van der Waals surface area contributed by atoms with E-state index in [4.69, 9.17) is 5.73 Å². The summed E-state index contributed by atoms with van der Waals surface area (Å²) in [5.41, 5.74) is 5.51. The van der Waals surface area contributed by atoms with E-state index in [0.29, 0.717) is 0 Å². The average Bonchev–Trinajstić information content (AvgIpc) is 2.69. The zero-order chi connectivity index (χ0) is 13.5. The minimum Gasteiger partial charge on any atom is -0.350 e. The number of aromatic amines is 1. The second-order valence-electron chi connectivity index (χ2n) is 3.43. The maximum absolute atomic E-state index is 12.4. The number of hydrogen-bond acceptors (Lipinski definition) is 3. The SMILES string of the molecule is NC(=O)N(S)c1ccc2nc(C(F)(F)F)[nH]c2c1. The molecule has 0 aliphatic carbocycles. The predicted molar refractivity (Wildman–Crippen MR) is 62.1 cm³/mol. The smallest absolute Gasteiger partial charge is 0.350 e. The molecule has 2 amide bonds. The van der Waals surface area contributed by atoms with Gasteiger partial charge in [-0.15, -0.1) is 0 Å². The third kappa shape index (κ3) is 2.21. The van der Waals surface area contributed by atoms with Crippen molar-refractivity contribution in [3.63, 3.8) is 0 Å². The average molecular weight is 276 g/mol. The number of benzene rings is 1. The second-order valence-corrected chi connectivity index (χ2v) is 3.83. The van der Waals surface area contributed by atoms with Crippen molar-refractivity contribution in [2.75, 3.05) is 4.31 Å². The first-order valence-electron chi connectivity index (χ1n) is 4.64. The molecule has 0 spiro atoms. The summed E-state index contributed by atoms with van der Waals surface area (Å²) in [7, 11) is 0. The summed E-state index contributed by atoms with van der Waals surface area (Å²) in [5, 5.41) is 0. The van der Waals surface area contributed by atoms with Crippen LogP contribution in [0.2, 0.25) is 0 Å². The van der Waals surface area contributed by atoms with Crippen molar-refractivity contribution in [1.82, 2.24) is 9.97 Å². The molecule has 9 heteroatoms. The van der Waals surface area contributed by atoms with E-state index in [-0.39, 0.29) is 16.7 Å². The number of thiol groups is 1. The van der Waals surface area contributed by atoms with Crippen LogP contribution in [-0.2, 0) is 6.18 Å². The number of halogens is 3. The van der Waals surface area contributed by atoms with Gasteiger partial charge in [0.15, 0.2) is 0 Å². The lowest BCUT2D eigenvalue weighted by atomic mass is 10.3. The van der Waals surface area contributed by atoms with Crippen LogP contribution in [0.5, 0.6) is 0 Å². The molecule has 1 aromatic heterocycles. The molecule has 96 valence electrons. The van der Waals surface area contributed by atoms with E-state index in [0.717, 1.165) is 4.31 Å². The highest BCUT2D eigenvalue weighted by atomic mass is 32.1. The number of fused-ring (bicyclic) bond motifs is 1.